The first-order chi connectivity index (χ1) is 11.9. The van der Waals surface area contributed by atoms with Crippen molar-refractivity contribution in [1.82, 2.24) is 4.90 Å². The Kier molecular flexibility index (Phi) is 6.59. The van der Waals surface area contributed by atoms with Crippen LogP contribution in [0.2, 0.25) is 5.02 Å². The van der Waals surface area contributed by atoms with Gasteiger partial charge in [0.05, 0.1) is 13.0 Å². The Morgan fingerprint density at radius 1 is 1.12 bits per heavy atom. The Labute approximate surface area is 153 Å². The van der Waals surface area contributed by atoms with Crippen LogP contribution in [-0.2, 0) is 16.1 Å². The van der Waals surface area contributed by atoms with Gasteiger partial charge in [-0.2, -0.15) is 0 Å². The molecule has 0 aliphatic heterocycles. The molecule has 0 saturated heterocycles. The van der Waals surface area contributed by atoms with E-state index in [1.54, 1.807) is 24.0 Å². The average Bonchev–Trinajstić information content (AvgIpc) is 2.62. The van der Waals surface area contributed by atoms with Gasteiger partial charge in [-0.15, -0.1) is 0 Å². The van der Waals surface area contributed by atoms with Crippen molar-refractivity contribution >= 4 is 23.5 Å². The molecule has 5 heteroatoms. The van der Waals surface area contributed by atoms with Gasteiger partial charge in [-0.3, -0.25) is 9.59 Å². The molecule has 0 aliphatic carbocycles. The summed E-state index contributed by atoms with van der Waals surface area (Å²) in [7, 11) is 1.35. The monoisotopic (exact) mass is 359 g/mol. The zero-order valence-electron chi connectivity index (χ0n) is 14.7. The lowest BCUT2D eigenvalue weighted by Crippen LogP contribution is -2.37. The molecule has 0 aliphatic rings. The maximum Gasteiger partial charge on any atom is 0.310 e. The fourth-order valence-electron chi connectivity index (χ4n) is 2.64. The number of carbonyl (C=O) groups is 2. The summed E-state index contributed by atoms with van der Waals surface area (Å²) in [5.74, 6) is -0.907. The summed E-state index contributed by atoms with van der Waals surface area (Å²) in [4.78, 5) is 26.5. The quantitative estimate of drug-likeness (QED) is 0.729. The minimum Gasteiger partial charge on any atom is -0.469 e. The predicted molar refractivity (Wildman–Crippen MR) is 98.6 cm³/mol. The third-order valence-corrected chi connectivity index (χ3v) is 4.45. The lowest BCUT2D eigenvalue weighted by Gasteiger charge is -2.26. The van der Waals surface area contributed by atoms with Gasteiger partial charge < -0.3 is 9.64 Å². The topological polar surface area (TPSA) is 46.6 Å². The number of hydrogen-bond acceptors (Lipinski definition) is 3. The van der Waals surface area contributed by atoms with Crippen molar-refractivity contribution in [2.75, 3.05) is 13.7 Å². The number of carbonyl (C=O) groups excluding carboxylic acids is 2. The number of aryl methyl sites for hydroxylation is 1. The summed E-state index contributed by atoms with van der Waals surface area (Å²) in [6.07, 6.45) is 0. The van der Waals surface area contributed by atoms with Gasteiger partial charge >= 0.3 is 5.97 Å². The second-order valence-corrected chi connectivity index (χ2v) is 6.42. The molecule has 2 aromatic carbocycles. The summed E-state index contributed by atoms with van der Waals surface area (Å²) in [5, 5.41) is 0.593. The van der Waals surface area contributed by atoms with Crippen molar-refractivity contribution in [3.8, 4) is 0 Å². The molecule has 4 nitrogen and oxygen atoms in total. The molecule has 1 unspecified atom stereocenters. The molecule has 1 amide bonds. The van der Waals surface area contributed by atoms with E-state index in [-0.39, 0.29) is 18.4 Å². The molecule has 0 N–H and O–H groups in total. The molecular weight excluding hydrogens is 338 g/mol. The second kappa shape index (κ2) is 8.67. The van der Waals surface area contributed by atoms with E-state index < -0.39 is 5.92 Å². The number of nitrogens with zero attached hydrogens (tertiary/aromatic N) is 1. The molecule has 0 aromatic heterocycles. The highest BCUT2D eigenvalue weighted by molar-refractivity contribution is 6.31. The van der Waals surface area contributed by atoms with E-state index in [1.807, 2.05) is 43.3 Å². The van der Waals surface area contributed by atoms with E-state index in [0.717, 1.165) is 11.1 Å². The van der Waals surface area contributed by atoms with Crippen molar-refractivity contribution in [1.29, 1.82) is 0 Å². The van der Waals surface area contributed by atoms with Crippen molar-refractivity contribution in [2.45, 2.75) is 20.4 Å². The third kappa shape index (κ3) is 4.83. The molecule has 0 bridgehead atoms. The van der Waals surface area contributed by atoms with E-state index >= 15 is 0 Å². The fourth-order valence-corrected chi connectivity index (χ4v) is 2.84. The van der Waals surface area contributed by atoms with Crippen LogP contribution in [-0.4, -0.2) is 30.4 Å². The Bertz CT molecular complexity index is 760. The second-order valence-electron chi connectivity index (χ2n) is 6.02. The number of halogens is 1. The van der Waals surface area contributed by atoms with E-state index in [1.165, 1.54) is 7.11 Å². The van der Waals surface area contributed by atoms with Crippen LogP contribution in [0.1, 0.15) is 28.4 Å². The van der Waals surface area contributed by atoms with Crippen molar-refractivity contribution in [3.05, 3.63) is 70.2 Å². The van der Waals surface area contributed by atoms with Crippen LogP contribution in [0.5, 0.6) is 0 Å². The first-order valence-corrected chi connectivity index (χ1v) is 8.48. The molecule has 0 fully saturated rings. The zero-order chi connectivity index (χ0) is 18.4. The average molecular weight is 360 g/mol. The molecule has 25 heavy (non-hydrogen) atoms. The Morgan fingerprint density at radius 3 is 2.40 bits per heavy atom. The van der Waals surface area contributed by atoms with Crippen LogP contribution < -0.4 is 0 Å². The maximum absolute atomic E-state index is 13.1. The summed E-state index contributed by atoms with van der Waals surface area (Å²) in [5.41, 5.74) is 2.34. The highest BCUT2D eigenvalue weighted by Crippen LogP contribution is 2.20. The zero-order valence-corrected chi connectivity index (χ0v) is 15.4. The van der Waals surface area contributed by atoms with Crippen LogP contribution in [0, 0.1) is 12.8 Å². The minimum atomic E-state index is -0.430. The van der Waals surface area contributed by atoms with E-state index in [4.69, 9.17) is 16.3 Å². The molecule has 1 atom stereocenters. The number of amides is 1. The number of ether oxygens (including phenoxy) is 1. The Balaban J connectivity index is 2.31. The van der Waals surface area contributed by atoms with Gasteiger partial charge in [0.1, 0.15) is 0 Å². The number of methoxy groups -OCH3 is 1. The van der Waals surface area contributed by atoms with E-state index in [0.29, 0.717) is 17.1 Å². The molecule has 0 radical (unpaired) electrons. The van der Waals surface area contributed by atoms with Crippen LogP contribution >= 0.6 is 11.6 Å². The van der Waals surface area contributed by atoms with Crippen molar-refractivity contribution in [3.63, 3.8) is 0 Å². The van der Waals surface area contributed by atoms with Crippen LogP contribution in [0.15, 0.2) is 48.5 Å². The SMILES string of the molecule is COC(=O)C(C)CN(Cc1ccccc1Cl)C(=O)c1ccccc1C. The molecule has 2 aromatic rings. The van der Waals surface area contributed by atoms with E-state index in [9.17, 15) is 9.59 Å². The summed E-state index contributed by atoms with van der Waals surface area (Å²) in [6, 6.07) is 14.8. The normalized spacial score (nSPS) is 11.7. The summed E-state index contributed by atoms with van der Waals surface area (Å²) >= 11 is 6.25. The lowest BCUT2D eigenvalue weighted by molar-refractivity contribution is -0.145. The molecule has 2 rings (SSSR count). The fraction of sp³-hybridized carbons (Fsp3) is 0.300. The van der Waals surface area contributed by atoms with Gasteiger partial charge in [-0.25, -0.2) is 0 Å². The highest BCUT2D eigenvalue weighted by Gasteiger charge is 2.24. The Hall–Kier alpha value is -2.33. The Morgan fingerprint density at radius 2 is 1.76 bits per heavy atom. The van der Waals surface area contributed by atoms with Gasteiger partial charge in [0, 0.05) is 23.7 Å². The third-order valence-electron chi connectivity index (χ3n) is 4.08. The molecule has 0 heterocycles. The molecule has 0 saturated carbocycles. The lowest BCUT2D eigenvalue weighted by atomic mass is 10.1. The van der Waals surface area contributed by atoms with Crippen molar-refractivity contribution in [2.24, 2.45) is 5.92 Å². The minimum absolute atomic E-state index is 0.131. The van der Waals surface area contributed by atoms with Crippen molar-refractivity contribution < 1.29 is 14.3 Å². The smallest absolute Gasteiger partial charge is 0.310 e. The van der Waals surface area contributed by atoms with Crippen LogP contribution in [0.4, 0.5) is 0 Å². The largest absolute Gasteiger partial charge is 0.469 e. The number of rotatable bonds is 6. The molecule has 132 valence electrons. The number of esters is 1. The van der Waals surface area contributed by atoms with Crippen LogP contribution in [0.25, 0.3) is 0 Å². The highest BCUT2D eigenvalue weighted by atomic mass is 35.5. The first kappa shape index (κ1) is 19.0. The standard InChI is InChI=1S/C20H22ClNO3/c1-14-8-4-6-10-17(14)19(23)22(12-15(2)20(24)25-3)13-16-9-5-7-11-18(16)21/h4-11,15H,12-13H2,1-3H3. The van der Waals surface area contributed by atoms with E-state index in [2.05, 4.69) is 0 Å². The van der Waals surface area contributed by atoms with Gasteiger partial charge in [0.25, 0.3) is 5.91 Å². The molecular formula is C20H22ClNO3. The molecule has 0 spiro atoms. The number of benzene rings is 2. The summed E-state index contributed by atoms with van der Waals surface area (Å²) < 4.78 is 4.79. The van der Waals surface area contributed by atoms with Gasteiger partial charge in [-0.05, 0) is 30.2 Å². The maximum atomic E-state index is 13.1. The number of hydrogen-bond donors (Lipinski definition) is 0. The van der Waals surface area contributed by atoms with Crippen LogP contribution in [0.3, 0.4) is 0 Å². The predicted octanol–water partition coefficient (Wildman–Crippen LogP) is 4.10. The summed E-state index contributed by atoms with van der Waals surface area (Å²) in [6.45, 7) is 4.22. The van der Waals surface area contributed by atoms with Gasteiger partial charge in [-0.1, -0.05) is 54.9 Å². The van der Waals surface area contributed by atoms with Gasteiger partial charge in [0.2, 0.25) is 0 Å². The van der Waals surface area contributed by atoms with Gasteiger partial charge in [0.15, 0.2) is 0 Å². The first-order valence-electron chi connectivity index (χ1n) is 8.10.